The second-order valence-corrected chi connectivity index (χ2v) is 7.37. The Kier molecular flexibility index (Phi) is 3.61. The second-order valence-electron chi connectivity index (χ2n) is 7.37. The molecule has 6 rings (SSSR count). The average molecular weight is 384 g/mol. The van der Waals surface area contributed by atoms with Crippen molar-refractivity contribution in [3.05, 3.63) is 41.5 Å². The SMILES string of the molecule is COc1c(C2OCC3C(c4ccc5c(c4)OCO5)OCC23)ccc2c1OCO2. The summed E-state index contributed by atoms with van der Waals surface area (Å²) in [7, 11) is 1.65. The van der Waals surface area contributed by atoms with Gasteiger partial charge in [0.15, 0.2) is 23.0 Å². The molecule has 0 bridgehead atoms. The molecule has 7 heteroatoms. The average Bonchev–Trinajstić information content (AvgIpc) is 3.49. The predicted molar refractivity (Wildman–Crippen MR) is 96.0 cm³/mol. The quantitative estimate of drug-likeness (QED) is 0.805. The third-order valence-corrected chi connectivity index (χ3v) is 6.02. The van der Waals surface area contributed by atoms with Crippen LogP contribution in [-0.4, -0.2) is 33.9 Å². The van der Waals surface area contributed by atoms with Gasteiger partial charge in [-0.05, 0) is 29.8 Å². The summed E-state index contributed by atoms with van der Waals surface area (Å²) in [6, 6.07) is 9.94. The fourth-order valence-corrected chi connectivity index (χ4v) is 4.70. The van der Waals surface area contributed by atoms with E-state index in [-0.39, 0.29) is 37.6 Å². The van der Waals surface area contributed by atoms with E-state index in [1.165, 1.54) is 0 Å². The zero-order valence-electron chi connectivity index (χ0n) is 15.4. The molecule has 0 N–H and O–H groups in total. The van der Waals surface area contributed by atoms with Gasteiger partial charge in [-0.15, -0.1) is 0 Å². The number of hydrogen-bond donors (Lipinski definition) is 0. The van der Waals surface area contributed by atoms with Crippen LogP contribution in [0.2, 0.25) is 0 Å². The lowest BCUT2D eigenvalue weighted by Crippen LogP contribution is -2.15. The summed E-state index contributed by atoms with van der Waals surface area (Å²) >= 11 is 0. The molecule has 4 unspecified atom stereocenters. The first kappa shape index (κ1) is 16.3. The van der Waals surface area contributed by atoms with Gasteiger partial charge in [0, 0.05) is 17.4 Å². The van der Waals surface area contributed by atoms with Gasteiger partial charge in [0.2, 0.25) is 19.3 Å². The Bertz CT molecular complexity index is 927. The molecule has 4 aliphatic rings. The van der Waals surface area contributed by atoms with Gasteiger partial charge in [-0.3, -0.25) is 0 Å². The Morgan fingerprint density at radius 3 is 2.39 bits per heavy atom. The zero-order valence-corrected chi connectivity index (χ0v) is 15.4. The molecule has 2 aromatic rings. The first-order chi connectivity index (χ1) is 13.8. The first-order valence-corrected chi connectivity index (χ1v) is 9.42. The van der Waals surface area contributed by atoms with E-state index in [9.17, 15) is 0 Å². The lowest BCUT2D eigenvalue weighted by atomic mass is 9.84. The minimum Gasteiger partial charge on any atom is -0.492 e. The molecule has 2 saturated heterocycles. The minimum atomic E-state index is -0.103. The number of hydrogen-bond acceptors (Lipinski definition) is 7. The van der Waals surface area contributed by atoms with Crippen molar-refractivity contribution in [1.82, 2.24) is 0 Å². The van der Waals surface area contributed by atoms with Gasteiger partial charge in [0.1, 0.15) is 0 Å². The van der Waals surface area contributed by atoms with Crippen molar-refractivity contribution in [2.45, 2.75) is 12.2 Å². The van der Waals surface area contributed by atoms with E-state index in [2.05, 4.69) is 6.07 Å². The number of ether oxygens (including phenoxy) is 7. The zero-order chi connectivity index (χ0) is 18.7. The van der Waals surface area contributed by atoms with Crippen LogP contribution in [0.15, 0.2) is 30.3 Å². The lowest BCUT2D eigenvalue weighted by molar-refractivity contribution is 0.0184. The third kappa shape index (κ3) is 2.29. The third-order valence-electron chi connectivity index (χ3n) is 6.02. The van der Waals surface area contributed by atoms with E-state index in [0.717, 1.165) is 22.6 Å². The molecular formula is C21H20O7. The molecule has 146 valence electrons. The van der Waals surface area contributed by atoms with Crippen LogP contribution in [0.1, 0.15) is 23.3 Å². The maximum Gasteiger partial charge on any atom is 0.231 e. The summed E-state index contributed by atoms with van der Waals surface area (Å²) in [5.41, 5.74) is 2.08. The Hall–Kier alpha value is -2.64. The van der Waals surface area contributed by atoms with Gasteiger partial charge in [-0.25, -0.2) is 0 Å². The molecule has 28 heavy (non-hydrogen) atoms. The van der Waals surface area contributed by atoms with Crippen LogP contribution in [0.5, 0.6) is 28.7 Å². The molecular weight excluding hydrogens is 364 g/mol. The molecule has 0 spiro atoms. The topological polar surface area (TPSA) is 64.6 Å². The minimum absolute atomic E-state index is 0.0236. The highest BCUT2D eigenvalue weighted by atomic mass is 16.7. The molecule has 0 aromatic heterocycles. The van der Waals surface area contributed by atoms with Gasteiger partial charge < -0.3 is 33.2 Å². The molecule has 0 radical (unpaired) electrons. The van der Waals surface area contributed by atoms with Crippen molar-refractivity contribution in [2.75, 3.05) is 33.9 Å². The van der Waals surface area contributed by atoms with E-state index < -0.39 is 0 Å². The van der Waals surface area contributed by atoms with Crippen molar-refractivity contribution in [2.24, 2.45) is 11.8 Å². The Balaban J connectivity index is 1.30. The van der Waals surface area contributed by atoms with Gasteiger partial charge in [0.25, 0.3) is 0 Å². The summed E-state index contributed by atoms with van der Waals surface area (Å²) in [4.78, 5) is 0. The van der Waals surface area contributed by atoms with Crippen LogP contribution in [0.3, 0.4) is 0 Å². The highest BCUT2D eigenvalue weighted by Gasteiger charge is 2.49. The molecule has 4 heterocycles. The largest absolute Gasteiger partial charge is 0.492 e. The van der Waals surface area contributed by atoms with E-state index in [4.69, 9.17) is 33.2 Å². The number of methoxy groups -OCH3 is 1. The van der Waals surface area contributed by atoms with Gasteiger partial charge in [0.05, 0.1) is 32.5 Å². The molecule has 2 aromatic carbocycles. The predicted octanol–water partition coefficient (Wildman–Crippen LogP) is 3.23. The second kappa shape index (κ2) is 6.18. The van der Waals surface area contributed by atoms with Crippen LogP contribution in [0.4, 0.5) is 0 Å². The first-order valence-electron chi connectivity index (χ1n) is 9.42. The van der Waals surface area contributed by atoms with Crippen LogP contribution in [0, 0.1) is 11.8 Å². The smallest absolute Gasteiger partial charge is 0.231 e. The Labute approximate surface area is 162 Å². The Morgan fingerprint density at radius 2 is 1.50 bits per heavy atom. The standard InChI is InChI=1S/C21H20O7/c1-22-20-12(3-5-16-21(20)28-10-26-16)19-14-8-23-18(13(14)7-24-19)11-2-4-15-17(6-11)27-9-25-15/h2-6,13-14,18-19H,7-10H2,1H3. The van der Waals surface area contributed by atoms with Crippen LogP contribution < -0.4 is 23.7 Å². The molecule has 4 aliphatic heterocycles. The summed E-state index contributed by atoms with van der Waals surface area (Å²) in [5.74, 6) is 4.10. The van der Waals surface area contributed by atoms with Crippen molar-refractivity contribution in [1.29, 1.82) is 0 Å². The van der Waals surface area contributed by atoms with E-state index >= 15 is 0 Å². The highest BCUT2D eigenvalue weighted by molar-refractivity contribution is 5.58. The van der Waals surface area contributed by atoms with Gasteiger partial charge in [-0.2, -0.15) is 0 Å². The van der Waals surface area contributed by atoms with Gasteiger partial charge in [-0.1, -0.05) is 6.07 Å². The van der Waals surface area contributed by atoms with Crippen LogP contribution >= 0.6 is 0 Å². The summed E-state index contributed by atoms with van der Waals surface area (Å²) in [6.45, 7) is 1.74. The fourth-order valence-electron chi connectivity index (χ4n) is 4.70. The number of rotatable bonds is 3. The van der Waals surface area contributed by atoms with Gasteiger partial charge >= 0.3 is 0 Å². The molecule has 4 atom stereocenters. The number of fused-ring (bicyclic) bond motifs is 3. The summed E-state index contributed by atoms with van der Waals surface area (Å²) in [5, 5.41) is 0. The molecule has 0 saturated carbocycles. The van der Waals surface area contributed by atoms with E-state index in [1.54, 1.807) is 7.11 Å². The monoisotopic (exact) mass is 384 g/mol. The van der Waals surface area contributed by atoms with E-state index in [1.807, 2.05) is 24.3 Å². The molecule has 7 nitrogen and oxygen atoms in total. The lowest BCUT2D eigenvalue weighted by Gasteiger charge is -2.20. The van der Waals surface area contributed by atoms with Crippen molar-refractivity contribution >= 4 is 0 Å². The van der Waals surface area contributed by atoms with E-state index in [0.29, 0.717) is 30.5 Å². The fraction of sp³-hybridized carbons (Fsp3) is 0.429. The normalized spacial score (nSPS) is 29.2. The number of benzene rings is 2. The van der Waals surface area contributed by atoms with Crippen molar-refractivity contribution < 1.29 is 33.2 Å². The molecule has 0 aliphatic carbocycles. The van der Waals surface area contributed by atoms with Crippen LogP contribution in [-0.2, 0) is 9.47 Å². The maximum absolute atomic E-state index is 6.24. The molecule has 0 amide bonds. The Morgan fingerprint density at radius 1 is 0.786 bits per heavy atom. The van der Waals surface area contributed by atoms with Crippen LogP contribution in [0.25, 0.3) is 0 Å². The highest BCUT2D eigenvalue weighted by Crippen LogP contribution is 2.55. The maximum atomic E-state index is 6.24. The summed E-state index contributed by atoms with van der Waals surface area (Å²) in [6.07, 6.45) is -0.127. The summed E-state index contributed by atoms with van der Waals surface area (Å²) < 4.78 is 40.1. The van der Waals surface area contributed by atoms with Crippen molar-refractivity contribution in [3.8, 4) is 28.7 Å². The molecule has 2 fully saturated rings. The van der Waals surface area contributed by atoms with Crippen molar-refractivity contribution in [3.63, 3.8) is 0 Å².